The summed E-state index contributed by atoms with van der Waals surface area (Å²) in [4.78, 5) is 25.2. The Morgan fingerprint density at radius 3 is 2.54 bits per heavy atom. The number of likely N-dealkylation sites (tertiary alicyclic amines) is 1. The Labute approximate surface area is 212 Å². The van der Waals surface area contributed by atoms with Crippen molar-refractivity contribution in [3.63, 3.8) is 0 Å². The van der Waals surface area contributed by atoms with E-state index in [2.05, 4.69) is 15.5 Å². The molecule has 4 rings (SSSR count). The monoisotopic (exact) mass is 542 g/mol. The number of halogens is 5. The van der Waals surface area contributed by atoms with Gasteiger partial charge < -0.3 is 19.6 Å². The van der Waals surface area contributed by atoms with Crippen molar-refractivity contribution in [2.24, 2.45) is 0 Å². The molecule has 0 aliphatic carbocycles. The first-order valence-electron chi connectivity index (χ1n) is 10.9. The summed E-state index contributed by atoms with van der Waals surface area (Å²) in [6.45, 7) is -0.506. The summed E-state index contributed by atoms with van der Waals surface area (Å²) in [5, 5.41) is 20.0. The number of carboxylic acid groups (broad SMARTS) is 1. The first kappa shape index (κ1) is 26.2. The quantitative estimate of drug-likeness (QED) is 0.424. The summed E-state index contributed by atoms with van der Waals surface area (Å²) >= 11 is 5.61. The highest BCUT2D eigenvalue weighted by Crippen LogP contribution is 2.34. The van der Waals surface area contributed by atoms with Crippen LogP contribution in [0.2, 0.25) is 5.02 Å². The normalized spacial score (nSPS) is 17.9. The van der Waals surface area contributed by atoms with Gasteiger partial charge in [0.25, 0.3) is 5.91 Å². The Hall–Kier alpha value is -3.87. The van der Waals surface area contributed by atoms with Gasteiger partial charge in [0.1, 0.15) is 17.6 Å². The molecule has 2 heterocycles. The maximum Gasteiger partial charge on any atom is 0.416 e. The summed E-state index contributed by atoms with van der Waals surface area (Å²) in [5.41, 5.74) is -0.589. The lowest BCUT2D eigenvalue weighted by atomic mass is 9.98. The lowest BCUT2D eigenvalue weighted by molar-refractivity contribution is -0.137. The standard InChI is InChI=1S/C23H19ClF4N4O5/c24-16-7-6-15(9-17(16)25)36-11-19(33)29-14-5-8-18(32(10-14)22(34)35)21-31-30-20(37-21)12-1-3-13(4-2-12)23(26,27)28/h1-4,6-7,9,14,18H,5,8,10-11H2,(H,29,33)(H,34,35)/t14?,18-/m1/s1. The fraction of sp³-hybridized carbons (Fsp3) is 0.304. The highest BCUT2D eigenvalue weighted by atomic mass is 35.5. The summed E-state index contributed by atoms with van der Waals surface area (Å²) < 4.78 is 62.7. The van der Waals surface area contributed by atoms with Gasteiger partial charge in [-0.05, 0) is 49.2 Å². The third-order valence-corrected chi connectivity index (χ3v) is 5.95. The van der Waals surface area contributed by atoms with E-state index in [4.69, 9.17) is 20.8 Å². The number of alkyl halides is 3. The molecule has 9 nitrogen and oxygen atoms in total. The van der Waals surface area contributed by atoms with Crippen LogP contribution in [0.4, 0.5) is 22.4 Å². The molecule has 2 atom stereocenters. The molecule has 1 unspecified atom stereocenters. The van der Waals surface area contributed by atoms with Crippen molar-refractivity contribution in [2.75, 3.05) is 13.2 Å². The van der Waals surface area contributed by atoms with Gasteiger partial charge in [-0.15, -0.1) is 10.2 Å². The first-order valence-corrected chi connectivity index (χ1v) is 11.3. The van der Waals surface area contributed by atoms with Gasteiger partial charge in [-0.25, -0.2) is 9.18 Å². The van der Waals surface area contributed by atoms with E-state index >= 15 is 0 Å². The molecule has 3 aromatic rings. The van der Waals surface area contributed by atoms with Crippen LogP contribution in [0.1, 0.15) is 30.3 Å². The number of amides is 2. The SMILES string of the molecule is O=C(COc1ccc(Cl)c(F)c1)NC1CC[C@H](c2nnc(-c3ccc(C(F)(F)F)cc3)o2)N(C(=O)O)C1. The molecular weight excluding hydrogens is 524 g/mol. The average molecular weight is 543 g/mol. The van der Waals surface area contributed by atoms with Crippen molar-refractivity contribution >= 4 is 23.6 Å². The topological polar surface area (TPSA) is 118 Å². The first-order chi connectivity index (χ1) is 17.5. The van der Waals surface area contributed by atoms with Gasteiger partial charge in [-0.2, -0.15) is 13.2 Å². The zero-order chi connectivity index (χ0) is 26.7. The summed E-state index contributed by atoms with van der Waals surface area (Å²) in [6.07, 6.45) is -5.18. The summed E-state index contributed by atoms with van der Waals surface area (Å²) in [7, 11) is 0. The molecule has 1 aromatic heterocycles. The van der Waals surface area contributed by atoms with E-state index in [1.54, 1.807) is 0 Å². The number of carbonyl (C=O) groups excluding carboxylic acids is 1. The Morgan fingerprint density at radius 1 is 1.16 bits per heavy atom. The maximum atomic E-state index is 13.5. The minimum Gasteiger partial charge on any atom is -0.484 e. The Balaban J connectivity index is 1.37. The van der Waals surface area contributed by atoms with Crippen LogP contribution in [0.15, 0.2) is 46.9 Å². The Kier molecular flexibility index (Phi) is 7.52. The number of ether oxygens (including phenoxy) is 1. The molecule has 0 saturated carbocycles. The molecule has 196 valence electrons. The molecule has 1 aliphatic heterocycles. The molecule has 37 heavy (non-hydrogen) atoms. The molecule has 0 bridgehead atoms. The molecule has 1 saturated heterocycles. The number of benzene rings is 2. The summed E-state index contributed by atoms with van der Waals surface area (Å²) in [6, 6.07) is 6.50. The van der Waals surface area contributed by atoms with Gasteiger partial charge in [-0.1, -0.05) is 11.6 Å². The van der Waals surface area contributed by atoms with E-state index < -0.39 is 48.2 Å². The number of piperidine rings is 1. The molecule has 1 aliphatic rings. The van der Waals surface area contributed by atoms with Crippen molar-refractivity contribution in [2.45, 2.75) is 31.1 Å². The number of nitrogens with zero attached hydrogens (tertiary/aromatic N) is 3. The number of rotatable bonds is 6. The fourth-order valence-electron chi connectivity index (χ4n) is 3.83. The van der Waals surface area contributed by atoms with E-state index in [-0.39, 0.29) is 41.1 Å². The van der Waals surface area contributed by atoms with E-state index in [0.717, 1.165) is 23.1 Å². The van der Waals surface area contributed by atoms with E-state index in [0.29, 0.717) is 6.42 Å². The predicted octanol–water partition coefficient (Wildman–Crippen LogP) is 4.93. The summed E-state index contributed by atoms with van der Waals surface area (Å²) in [5.74, 6) is -1.20. The third kappa shape index (κ3) is 6.28. The number of aromatic nitrogens is 2. The lowest BCUT2D eigenvalue weighted by Gasteiger charge is -2.36. The van der Waals surface area contributed by atoms with Crippen LogP contribution in [-0.4, -0.2) is 51.4 Å². The van der Waals surface area contributed by atoms with Crippen LogP contribution >= 0.6 is 11.6 Å². The van der Waals surface area contributed by atoms with Crippen LogP contribution in [-0.2, 0) is 11.0 Å². The number of carbonyl (C=O) groups is 2. The van der Waals surface area contributed by atoms with Gasteiger partial charge in [0.05, 0.1) is 10.6 Å². The molecular formula is C23H19ClF4N4O5. The van der Waals surface area contributed by atoms with E-state index in [1.807, 2.05) is 0 Å². The van der Waals surface area contributed by atoms with Crippen LogP contribution in [0.3, 0.4) is 0 Å². The maximum absolute atomic E-state index is 13.5. The zero-order valence-corrected chi connectivity index (χ0v) is 19.6. The average Bonchev–Trinajstić information content (AvgIpc) is 3.34. The predicted molar refractivity (Wildman–Crippen MR) is 120 cm³/mol. The van der Waals surface area contributed by atoms with Gasteiger partial charge in [-0.3, -0.25) is 9.69 Å². The minimum absolute atomic E-state index is 0.0184. The van der Waals surface area contributed by atoms with Crippen molar-refractivity contribution in [3.8, 4) is 17.2 Å². The third-order valence-electron chi connectivity index (χ3n) is 5.64. The zero-order valence-electron chi connectivity index (χ0n) is 18.8. The molecule has 2 N–H and O–H groups in total. The fourth-order valence-corrected chi connectivity index (χ4v) is 3.95. The van der Waals surface area contributed by atoms with Crippen molar-refractivity contribution in [3.05, 3.63) is 64.8 Å². The highest BCUT2D eigenvalue weighted by Gasteiger charge is 2.37. The van der Waals surface area contributed by atoms with Gasteiger partial charge >= 0.3 is 12.3 Å². The highest BCUT2D eigenvalue weighted by molar-refractivity contribution is 6.30. The van der Waals surface area contributed by atoms with Crippen molar-refractivity contribution in [1.82, 2.24) is 20.4 Å². The smallest absolute Gasteiger partial charge is 0.416 e. The van der Waals surface area contributed by atoms with Crippen LogP contribution in [0.25, 0.3) is 11.5 Å². The molecule has 0 spiro atoms. The second-order valence-corrected chi connectivity index (χ2v) is 8.58. The lowest BCUT2D eigenvalue weighted by Crippen LogP contribution is -2.51. The molecule has 1 fully saturated rings. The molecule has 14 heteroatoms. The molecule has 2 amide bonds. The Bertz CT molecular complexity index is 1280. The van der Waals surface area contributed by atoms with Crippen molar-refractivity contribution < 1.29 is 41.4 Å². The van der Waals surface area contributed by atoms with Crippen LogP contribution < -0.4 is 10.1 Å². The largest absolute Gasteiger partial charge is 0.484 e. The second-order valence-electron chi connectivity index (χ2n) is 8.18. The van der Waals surface area contributed by atoms with Crippen LogP contribution in [0.5, 0.6) is 5.75 Å². The van der Waals surface area contributed by atoms with Gasteiger partial charge in [0.15, 0.2) is 6.61 Å². The molecule has 0 radical (unpaired) electrons. The van der Waals surface area contributed by atoms with E-state index in [1.165, 1.54) is 24.3 Å². The number of nitrogens with one attached hydrogen (secondary N) is 1. The van der Waals surface area contributed by atoms with Gasteiger partial charge in [0.2, 0.25) is 11.8 Å². The number of hydrogen-bond donors (Lipinski definition) is 2. The van der Waals surface area contributed by atoms with Gasteiger partial charge in [0, 0.05) is 24.2 Å². The minimum atomic E-state index is -4.49. The number of hydrogen-bond acceptors (Lipinski definition) is 6. The van der Waals surface area contributed by atoms with Crippen LogP contribution in [0, 0.1) is 5.82 Å². The van der Waals surface area contributed by atoms with Crippen molar-refractivity contribution in [1.29, 1.82) is 0 Å². The van der Waals surface area contributed by atoms with E-state index in [9.17, 15) is 32.3 Å². The second kappa shape index (κ2) is 10.6. The molecule has 2 aromatic carbocycles. The Morgan fingerprint density at radius 2 is 1.89 bits per heavy atom.